The maximum absolute atomic E-state index is 12.0. The maximum Gasteiger partial charge on any atom is 0.253 e. The van der Waals surface area contributed by atoms with Crippen LogP contribution in [0.15, 0.2) is 12.3 Å². The topological polar surface area (TPSA) is 68.0 Å². The van der Waals surface area contributed by atoms with Gasteiger partial charge in [0.15, 0.2) is 0 Å². The maximum atomic E-state index is 12.0. The van der Waals surface area contributed by atoms with Gasteiger partial charge in [0.2, 0.25) is 0 Å². The number of halogens is 1. The number of nitrogens with one attached hydrogen (secondary N) is 1. The van der Waals surface area contributed by atoms with Gasteiger partial charge in [-0.2, -0.15) is 11.8 Å². The van der Waals surface area contributed by atoms with Gasteiger partial charge in [0.25, 0.3) is 5.91 Å². The summed E-state index contributed by atoms with van der Waals surface area (Å²) in [5.74, 6) is 0.961. The van der Waals surface area contributed by atoms with Gasteiger partial charge in [0, 0.05) is 18.0 Å². The minimum Gasteiger partial charge on any atom is -0.384 e. The fraction of sp³-hybridized carbons (Fsp3) is 0.455. The van der Waals surface area contributed by atoms with Gasteiger partial charge in [-0.3, -0.25) is 4.79 Å². The highest BCUT2D eigenvalue weighted by molar-refractivity contribution is 7.98. The van der Waals surface area contributed by atoms with Crippen LogP contribution < -0.4 is 11.1 Å². The van der Waals surface area contributed by atoms with Crippen molar-refractivity contribution in [3.05, 3.63) is 22.8 Å². The molecule has 0 aliphatic heterocycles. The standard InChI is InChI=1S/C11H16ClN3OS/c1-3-7(6-17-2)15-11(16)8-4-10(13)14-5-9(8)12/h4-5,7H,3,6H2,1-2H3,(H2,13,14)(H,15,16). The van der Waals surface area contributed by atoms with Gasteiger partial charge in [0.1, 0.15) is 5.82 Å². The van der Waals surface area contributed by atoms with E-state index in [0.29, 0.717) is 10.6 Å². The lowest BCUT2D eigenvalue weighted by Gasteiger charge is -2.16. The molecule has 0 aromatic carbocycles. The third kappa shape index (κ3) is 4.09. The van der Waals surface area contributed by atoms with E-state index in [0.717, 1.165) is 12.2 Å². The van der Waals surface area contributed by atoms with Crippen molar-refractivity contribution in [2.75, 3.05) is 17.7 Å². The molecule has 94 valence electrons. The second kappa shape index (κ2) is 6.71. The zero-order valence-corrected chi connectivity index (χ0v) is 11.4. The molecule has 0 saturated carbocycles. The first-order valence-corrected chi connectivity index (χ1v) is 7.06. The smallest absolute Gasteiger partial charge is 0.253 e. The van der Waals surface area contributed by atoms with Crippen molar-refractivity contribution in [1.82, 2.24) is 10.3 Å². The number of nitrogens with two attached hydrogens (primary N) is 1. The van der Waals surface area contributed by atoms with Gasteiger partial charge < -0.3 is 11.1 Å². The Kier molecular flexibility index (Phi) is 5.58. The lowest BCUT2D eigenvalue weighted by Crippen LogP contribution is -2.36. The quantitative estimate of drug-likeness (QED) is 0.863. The predicted octanol–water partition coefficient (Wildman–Crippen LogP) is 2.19. The molecule has 3 N–H and O–H groups in total. The average molecular weight is 274 g/mol. The molecule has 0 fully saturated rings. The monoisotopic (exact) mass is 273 g/mol. The SMILES string of the molecule is CCC(CSC)NC(=O)c1cc(N)ncc1Cl. The van der Waals surface area contributed by atoms with Gasteiger partial charge in [0.05, 0.1) is 10.6 Å². The Morgan fingerprint density at radius 3 is 3.00 bits per heavy atom. The summed E-state index contributed by atoms with van der Waals surface area (Å²) in [6, 6.07) is 1.63. The second-order valence-corrected chi connectivity index (χ2v) is 4.94. The van der Waals surface area contributed by atoms with Crippen LogP contribution in [-0.4, -0.2) is 28.9 Å². The highest BCUT2D eigenvalue weighted by Gasteiger charge is 2.15. The molecule has 1 heterocycles. The highest BCUT2D eigenvalue weighted by atomic mass is 35.5. The summed E-state index contributed by atoms with van der Waals surface area (Å²) in [5.41, 5.74) is 5.91. The molecule has 1 atom stereocenters. The third-order valence-corrected chi connectivity index (χ3v) is 3.35. The van der Waals surface area contributed by atoms with E-state index in [2.05, 4.69) is 10.3 Å². The fourth-order valence-corrected chi connectivity index (χ4v) is 2.27. The molecule has 6 heteroatoms. The van der Waals surface area contributed by atoms with Crippen LogP contribution in [0.25, 0.3) is 0 Å². The molecule has 0 aliphatic rings. The van der Waals surface area contributed by atoms with Crippen LogP contribution in [0.3, 0.4) is 0 Å². The van der Waals surface area contributed by atoms with Crippen molar-refractivity contribution in [1.29, 1.82) is 0 Å². The number of rotatable bonds is 5. The van der Waals surface area contributed by atoms with Gasteiger partial charge in [-0.25, -0.2) is 4.98 Å². The Balaban J connectivity index is 2.78. The number of nitrogen functional groups attached to an aromatic ring is 1. The fourth-order valence-electron chi connectivity index (χ4n) is 1.35. The number of nitrogens with zero attached hydrogens (tertiary/aromatic N) is 1. The number of hydrogen-bond donors (Lipinski definition) is 2. The molecule has 1 rings (SSSR count). The first-order chi connectivity index (χ1) is 8.08. The molecule has 1 aromatic heterocycles. The van der Waals surface area contributed by atoms with E-state index in [1.165, 1.54) is 12.3 Å². The van der Waals surface area contributed by atoms with Crippen molar-refractivity contribution in [3.63, 3.8) is 0 Å². The Hall–Kier alpha value is -0.940. The molecular formula is C11H16ClN3OS. The molecule has 0 radical (unpaired) electrons. The number of carbonyl (C=O) groups is 1. The van der Waals surface area contributed by atoms with Crippen LogP contribution >= 0.6 is 23.4 Å². The Labute approximate surface area is 110 Å². The van der Waals surface area contributed by atoms with Gasteiger partial charge in [-0.1, -0.05) is 18.5 Å². The van der Waals surface area contributed by atoms with E-state index in [-0.39, 0.29) is 17.8 Å². The number of aromatic nitrogens is 1. The van der Waals surface area contributed by atoms with Gasteiger partial charge in [-0.15, -0.1) is 0 Å². The summed E-state index contributed by atoms with van der Waals surface area (Å²) in [6.45, 7) is 2.03. The van der Waals surface area contributed by atoms with E-state index in [1.54, 1.807) is 11.8 Å². The summed E-state index contributed by atoms with van der Waals surface area (Å²) in [6.07, 6.45) is 4.28. The van der Waals surface area contributed by atoms with Crippen LogP contribution in [0.5, 0.6) is 0 Å². The molecule has 1 amide bonds. The normalized spacial score (nSPS) is 12.2. The summed E-state index contributed by atoms with van der Waals surface area (Å²) in [4.78, 5) is 15.8. The molecule has 0 bridgehead atoms. The van der Waals surface area contributed by atoms with E-state index in [1.807, 2.05) is 13.2 Å². The van der Waals surface area contributed by atoms with Crippen LogP contribution in [-0.2, 0) is 0 Å². The Bertz CT molecular complexity index is 400. The molecule has 4 nitrogen and oxygen atoms in total. The lowest BCUT2D eigenvalue weighted by molar-refractivity contribution is 0.0940. The third-order valence-electron chi connectivity index (χ3n) is 2.32. The Morgan fingerprint density at radius 1 is 1.71 bits per heavy atom. The van der Waals surface area contributed by atoms with Gasteiger partial charge in [-0.05, 0) is 18.7 Å². The van der Waals surface area contributed by atoms with E-state index in [4.69, 9.17) is 17.3 Å². The number of amides is 1. The molecule has 0 spiro atoms. The van der Waals surface area contributed by atoms with Crippen LogP contribution in [0.4, 0.5) is 5.82 Å². The number of carbonyl (C=O) groups excluding carboxylic acids is 1. The summed E-state index contributed by atoms with van der Waals surface area (Å²) >= 11 is 7.60. The van der Waals surface area contributed by atoms with Crippen molar-refractivity contribution >= 4 is 35.1 Å². The molecular weight excluding hydrogens is 258 g/mol. The van der Waals surface area contributed by atoms with Crippen molar-refractivity contribution in [3.8, 4) is 0 Å². The van der Waals surface area contributed by atoms with E-state index < -0.39 is 0 Å². The first-order valence-electron chi connectivity index (χ1n) is 5.29. The van der Waals surface area contributed by atoms with Crippen molar-refractivity contribution in [2.24, 2.45) is 0 Å². The minimum atomic E-state index is -0.204. The number of pyridine rings is 1. The predicted molar refractivity (Wildman–Crippen MR) is 73.6 cm³/mol. The summed E-state index contributed by atoms with van der Waals surface area (Å²) in [7, 11) is 0. The highest BCUT2D eigenvalue weighted by Crippen LogP contribution is 2.16. The van der Waals surface area contributed by atoms with Crippen LogP contribution in [0.1, 0.15) is 23.7 Å². The number of anilines is 1. The Morgan fingerprint density at radius 2 is 2.41 bits per heavy atom. The molecule has 0 aliphatic carbocycles. The second-order valence-electron chi connectivity index (χ2n) is 3.62. The molecule has 17 heavy (non-hydrogen) atoms. The van der Waals surface area contributed by atoms with Crippen molar-refractivity contribution < 1.29 is 4.79 Å². The first kappa shape index (κ1) is 14.1. The van der Waals surface area contributed by atoms with Crippen LogP contribution in [0.2, 0.25) is 5.02 Å². The zero-order chi connectivity index (χ0) is 12.8. The molecule has 1 unspecified atom stereocenters. The number of hydrogen-bond acceptors (Lipinski definition) is 4. The molecule has 0 saturated heterocycles. The van der Waals surface area contributed by atoms with Crippen LogP contribution in [0, 0.1) is 0 Å². The largest absolute Gasteiger partial charge is 0.384 e. The van der Waals surface area contributed by atoms with Gasteiger partial charge >= 0.3 is 0 Å². The number of thioether (sulfide) groups is 1. The zero-order valence-electron chi connectivity index (χ0n) is 9.87. The summed E-state index contributed by atoms with van der Waals surface area (Å²) in [5, 5.41) is 3.24. The average Bonchev–Trinajstić information content (AvgIpc) is 2.31. The van der Waals surface area contributed by atoms with E-state index >= 15 is 0 Å². The molecule has 1 aromatic rings. The summed E-state index contributed by atoms with van der Waals surface area (Å²) < 4.78 is 0. The lowest BCUT2D eigenvalue weighted by atomic mass is 10.2. The van der Waals surface area contributed by atoms with E-state index in [9.17, 15) is 4.79 Å². The van der Waals surface area contributed by atoms with Crippen molar-refractivity contribution in [2.45, 2.75) is 19.4 Å². The minimum absolute atomic E-state index is 0.142.